The summed E-state index contributed by atoms with van der Waals surface area (Å²) in [5.74, 6) is -0.518. The smallest absolute Gasteiger partial charge is 0.326 e. The van der Waals surface area contributed by atoms with Crippen LogP contribution in [0.2, 0.25) is 0 Å². The molecule has 0 bridgehead atoms. The van der Waals surface area contributed by atoms with Crippen molar-refractivity contribution in [3.05, 3.63) is 59.4 Å². The lowest BCUT2D eigenvalue weighted by atomic mass is 9.97. The first-order chi connectivity index (χ1) is 8.93. The van der Waals surface area contributed by atoms with Gasteiger partial charge in [-0.2, -0.15) is 13.2 Å². The standard InChI is InChI=1S/C14H11F4N/c15-13-6-5-9(7-10(13)8-19)11-3-1-2-4-12(11)14(16,17)18/h1-7H,8,19H2. The van der Waals surface area contributed by atoms with E-state index in [-0.39, 0.29) is 17.7 Å². The SMILES string of the molecule is NCc1cc(-c2ccccc2C(F)(F)F)ccc1F. The van der Waals surface area contributed by atoms with Gasteiger partial charge in [0.25, 0.3) is 0 Å². The van der Waals surface area contributed by atoms with Gasteiger partial charge in [-0.15, -0.1) is 0 Å². The lowest BCUT2D eigenvalue weighted by Crippen LogP contribution is -2.07. The van der Waals surface area contributed by atoms with E-state index in [2.05, 4.69) is 0 Å². The van der Waals surface area contributed by atoms with Crippen LogP contribution in [0.4, 0.5) is 17.6 Å². The number of hydrogen-bond acceptors (Lipinski definition) is 1. The third-order valence-corrected chi connectivity index (χ3v) is 2.81. The van der Waals surface area contributed by atoms with Crippen LogP contribution in [0, 0.1) is 5.82 Å². The van der Waals surface area contributed by atoms with E-state index in [1.807, 2.05) is 0 Å². The van der Waals surface area contributed by atoms with E-state index in [0.29, 0.717) is 5.56 Å². The van der Waals surface area contributed by atoms with E-state index < -0.39 is 17.6 Å². The Kier molecular flexibility index (Phi) is 3.57. The maximum Gasteiger partial charge on any atom is 0.417 e. The number of nitrogens with two attached hydrogens (primary N) is 1. The molecule has 2 N–H and O–H groups in total. The Morgan fingerprint density at radius 1 is 1.00 bits per heavy atom. The summed E-state index contributed by atoms with van der Waals surface area (Å²) in [5.41, 5.74) is 5.12. The molecule has 2 aromatic carbocycles. The molecular weight excluding hydrogens is 258 g/mol. The van der Waals surface area contributed by atoms with Crippen LogP contribution in [0.25, 0.3) is 11.1 Å². The Morgan fingerprint density at radius 3 is 2.32 bits per heavy atom. The monoisotopic (exact) mass is 269 g/mol. The zero-order valence-electron chi connectivity index (χ0n) is 9.84. The van der Waals surface area contributed by atoms with Gasteiger partial charge in [-0.05, 0) is 29.3 Å². The van der Waals surface area contributed by atoms with Gasteiger partial charge in [0, 0.05) is 12.1 Å². The maximum absolute atomic E-state index is 13.3. The summed E-state index contributed by atoms with van der Waals surface area (Å²) in [5, 5.41) is 0. The molecule has 100 valence electrons. The van der Waals surface area contributed by atoms with Gasteiger partial charge in [0.15, 0.2) is 0 Å². The summed E-state index contributed by atoms with van der Waals surface area (Å²) in [7, 11) is 0. The molecule has 2 rings (SSSR count). The van der Waals surface area contributed by atoms with Gasteiger partial charge in [-0.25, -0.2) is 4.39 Å². The maximum atomic E-state index is 13.3. The molecule has 0 saturated heterocycles. The molecule has 0 aliphatic heterocycles. The highest BCUT2D eigenvalue weighted by Gasteiger charge is 2.33. The fourth-order valence-corrected chi connectivity index (χ4v) is 1.88. The van der Waals surface area contributed by atoms with Gasteiger partial charge < -0.3 is 5.73 Å². The van der Waals surface area contributed by atoms with Gasteiger partial charge in [0.2, 0.25) is 0 Å². The second-order valence-electron chi connectivity index (χ2n) is 4.05. The highest BCUT2D eigenvalue weighted by Crippen LogP contribution is 2.37. The van der Waals surface area contributed by atoms with E-state index in [1.165, 1.54) is 30.3 Å². The van der Waals surface area contributed by atoms with Crippen molar-refractivity contribution in [1.29, 1.82) is 0 Å². The van der Waals surface area contributed by atoms with Crippen molar-refractivity contribution in [2.45, 2.75) is 12.7 Å². The molecular formula is C14H11F4N. The fourth-order valence-electron chi connectivity index (χ4n) is 1.88. The lowest BCUT2D eigenvalue weighted by Gasteiger charge is -2.13. The molecule has 2 aromatic rings. The van der Waals surface area contributed by atoms with Crippen LogP contribution in [0.15, 0.2) is 42.5 Å². The minimum atomic E-state index is -4.45. The van der Waals surface area contributed by atoms with Gasteiger partial charge in [-0.3, -0.25) is 0 Å². The van der Waals surface area contributed by atoms with Crippen molar-refractivity contribution in [2.75, 3.05) is 0 Å². The predicted molar refractivity (Wildman–Crippen MR) is 64.7 cm³/mol. The topological polar surface area (TPSA) is 26.0 Å². The van der Waals surface area contributed by atoms with Gasteiger partial charge in [0.05, 0.1) is 5.56 Å². The molecule has 0 saturated carbocycles. The summed E-state index contributed by atoms with van der Waals surface area (Å²) < 4.78 is 52.0. The van der Waals surface area contributed by atoms with E-state index in [4.69, 9.17) is 5.73 Å². The second kappa shape index (κ2) is 5.01. The summed E-state index contributed by atoms with van der Waals surface area (Å²) >= 11 is 0. The van der Waals surface area contributed by atoms with Crippen molar-refractivity contribution in [2.24, 2.45) is 5.73 Å². The van der Waals surface area contributed by atoms with Crippen LogP contribution in [-0.4, -0.2) is 0 Å². The van der Waals surface area contributed by atoms with Crippen LogP contribution in [0.3, 0.4) is 0 Å². The molecule has 0 amide bonds. The third kappa shape index (κ3) is 2.76. The quantitative estimate of drug-likeness (QED) is 0.820. The van der Waals surface area contributed by atoms with E-state index in [0.717, 1.165) is 12.1 Å². The Hall–Kier alpha value is -1.88. The first-order valence-electron chi connectivity index (χ1n) is 5.58. The molecule has 1 nitrogen and oxygen atoms in total. The molecule has 0 heterocycles. The zero-order chi connectivity index (χ0) is 14.0. The highest BCUT2D eigenvalue weighted by atomic mass is 19.4. The minimum Gasteiger partial charge on any atom is -0.326 e. The first kappa shape index (κ1) is 13.5. The van der Waals surface area contributed by atoms with Crippen LogP contribution in [0.1, 0.15) is 11.1 Å². The highest BCUT2D eigenvalue weighted by molar-refractivity contribution is 5.68. The van der Waals surface area contributed by atoms with Crippen molar-refractivity contribution in [3.63, 3.8) is 0 Å². The van der Waals surface area contributed by atoms with E-state index in [9.17, 15) is 17.6 Å². The molecule has 0 radical (unpaired) electrons. The Balaban J connectivity index is 2.59. The largest absolute Gasteiger partial charge is 0.417 e. The average molecular weight is 269 g/mol. The molecule has 0 atom stereocenters. The Labute approximate surface area is 107 Å². The molecule has 0 aliphatic rings. The normalized spacial score (nSPS) is 11.6. The van der Waals surface area contributed by atoms with E-state index in [1.54, 1.807) is 0 Å². The van der Waals surface area contributed by atoms with Crippen LogP contribution in [0.5, 0.6) is 0 Å². The number of alkyl halides is 3. The molecule has 0 aromatic heterocycles. The third-order valence-electron chi connectivity index (χ3n) is 2.81. The van der Waals surface area contributed by atoms with E-state index >= 15 is 0 Å². The first-order valence-corrected chi connectivity index (χ1v) is 5.58. The molecule has 0 aliphatic carbocycles. The molecule has 5 heteroatoms. The summed E-state index contributed by atoms with van der Waals surface area (Å²) in [6.45, 7) is -0.0616. The average Bonchev–Trinajstić information content (AvgIpc) is 2.38. The van der Waals surface area contributed by atoms with Crippen LogP contribution >= 0.6 is 0 Å². The van der Waals surface area contributed by atoms with Gasteiger partial charge in [0.1, 0.15) is 5.82 Å². The second-order valence-corrected chi connectivity index (χ2v) is 4.05. The van der Waals surface area contributed by atoms with Crippen molar-refractivity contribution < 1.29 is 17.6 Å². The van der Waals surface area contributed by atoms with Crippen LogP contribution < -0.4 is 5.73 Å². The summed E-state index contributed by atoms with van der Waals surface area (Å²) in [6.07, 6.45) is -4.45. The van der Waals surface area contributed by atoms with Gasteiger partial charge >= 0.3 is 6.18 Å². The number of rotatable bonds is 2. The zero-order valence-corrected chi connectivity index (χ0v) is 9.84. The van der Waals surface area contributed by atoms with Crippen LogP contribution in [-0.2, 0) is 12.7 Å². The van der Waals surface area contributed by atoms with Gasteiger partial charge in [-0.1, -0.05) is 24.3 Å². The lowest BCUT2D eigenvalue weighted by molar-refractivity contribution is -0.137. The summed E-state index contributed by atoms with van der Waals surface area (Å²) in [6, 6.07) is 8.98. The predicted octanol–water partition coefficient (Wildman–Crippen LogP) is 3.97. The Bertz CT molecular complexity index is 590. The number of benzene rings is 2. The number of halogens is 4. The molecule has 0 unspecified atom stereocenters. The molecule has 0 fully saturated rings. The van der Waals surface area contributed by atoms with Crippen molar-refractivity contribution >= 4 is 0 Å². The molecule has 0 spiro atoms. The molecule has 19 heavy (non-hydrogen) atoms. The summed E-state index contributed by atoms with van der Waals surface area (Å²) in [4.78, 5) is 0. The Morgan fingerprint density at radius 2 is 1.68 bits per heavy atom. The minimum absolute atomic E-state index is 0.0182. The van der Waals surface area contributed by atoms with Crippen molar-refractivity contribution in [1.82, 2.24) is 0 Å². The number of hydrogen-bond donors (Lipinski definition) is 1. The fraction of sp³-hybridized carbons (Fsp3) is 0.143. The van der Waals surface area contributed by atoms with Crippen molar-refractivity contribution in [3.8, 4) is 11.1 Å².